The molecular formula is C10H15F6N3O4S2. The summed E-state index contributed by atoms with van der Waals surface area (Å²) in [5.41, 5.74) is -12.4. The molecule has 0 spiro atoms. The van der Waals surface area contributed by atoms with Crippen molar-refractivity contribution < 1.29 is 47.7 Å². The van der Waals surface area contributed by atoms with Crippen LogP contribution < -0.4 is 4.57 Å². The molecule has 0 N–H and O–H groups in total. The second-order valence-corrected chi connectivity index (χ2v) is 7.99. The molecule has 1 heterocycles. The third-order valence-corrected chi connectivity index (χ3v) is 5.38. The van der Waals surface area contributed by atoms with Crippen molar-refractivity contribution in [2.45, 2.75) is 37.8 Å². The van der Waals surface area contributed by atoms with E-state index in [-0.39, 0.29) is 0 Å². The third-order valence-electron chi connectivity index (χ3n) is 2.64. The third kappa shape index (κ3) is 6.47. The SMILES string of the molecule is CCCn1cc[n+](C)c1C.O=S(=O)([N-]S(=O)(=O)C(F)(F)F)C(F)(F)F. The van der Waals surface area contributed by atoms with E-state index in [1.54, 1.807) is 0 Å². The summed E-state index contributed by atoms with van der Waals surface area (Å²) in [6.45, 7) is 5.46. The number of rotatable bonds is 4. The number of aromatic nitrogens is 2. The molecule has 15 heteroatoms. The van der Waals surface area contributed by atoms with Crippen molar-refractivity contribution in [2.75, 3.05) is 0 Å². The van der Waals surface area contributed by atoms with E-state index in [9.17, 15) is 43.2 Å². The molecule has 0 saturated heterocycles. The molecule has 0 aliphatic carbocycles. The van der Waals surface area contributed by atoms with Crippen molar-refractivity contribution in [1.82, 2.24) is 4.57 Å². The van der Waals surface area contributed by atoms with Gasteiger partial charge in [0, 0.05) is 6.92 Å². The van der Waals surface area contributed by atoms with Crippen LogP contribution in [0.3, 0.4) is 0 Å². The van der Waals surface area contributed by atoms with Gasteiger partial charge in [-0.2, -0.15) is 26.3 Å². The van der Waals surface area contributed by atoms with Crippen LogP contribution in [-0.4, -0.2) is 32.4 Å². The van der Waals surface area contributed by atoms with Gasteiger partial charge in [0.05, 0.1) is 13.6 Å². The molecule has 0 aliphatic rings. The van der Waals surface area contributed by atoms with E-state index in [0.717, 1.165) is 10.7 Å². The zero-order valence-corrected chi connectivity index (χ0v) is 14.8. The first-order valence-corrected chi connectivity index (χ1v) is 9.22. The maximum absolute atomic E-state index is 11.4. The van der Waals surface area contributed by atoms with Gasteiger partial charge in [-0.1, -0.05) is 6.92 Å². The fourth-order valence-electron chi connectivity index (χ4n) is 1.29. The van der Waals surface area contributed by atoms with Gasteiger partial charge in [0.15, 0.2) is 20.0 Å². The minimum absolute atomic E-state index is 0.778. The highest BCUT2D eigenvalue weighted by Gasteiger charge is 2.46. The molecule has 7 nitrogen and oxygen atoms in total. The van der Waals surface area contributed by atoms with Gasteiger partial charge >= 0.3 is 11.0 Å². The number of sulfonamides is 2. The van der Waals surface area contributed by atoms with Gasteiger partial charge in [0.1, 0.15) is 12.4 Å². The topological polar surface area (TPSA) is 91.2 Å². The maximum atomic E-state index is 11.4. The number of hydrogen-bond acceptors (Lipinski definition) is 4. The van der Waals surface area contributed by atoms with E-state index in [0.29, 0.717) is 0 Å². The Labute approximate surface area is 140 Å². The van der Waals surface area contributed by atoms with E-state index in [1.807, 2.05) is 0 Å². The summed E-state index contributed by atoms with van der Waals surface area (Å²) >= 11 is 0. The second kappa shape index (κ2) is 7.90. The van der Waals surface area contributed by atoms with Crippen molar-refractivity contribution in [2.24, 2.45) is 7.05 Å². The monoisotopic (exact) mass is 419 g/mol. The number of alkyl halides is 6. The van der Waals surface area contributed by atoms with Crippen LogP contribution in [0.1, 0.15) is 19.2 Å². The molecule has 0 fully saturated rings. The van der Waals surface area contributed by atoms with Crippen LogP contribution in [0.5, 0.6) is 0 Å². The fourth-order valence-corrected chi connectivity index (χ4v) is 3.00. The van der Waals surface area contributed by atoms with E-state index in [1.165, 1.54) is 12.2 Å². The molecule has 0 atom stereocenters. The van der Waals surface area contributed by atoms with Crippen LogP contribution in [0.15, 0.2) is 12.4 Å². The van der Waals surface area contributed by atoms with Gasteiger partial charge in [-0.05, 0) is 6.42 Å². The van der Waals surface area contributed by atoms with Crippen LogP contribution in [0, 0.1) is 6.92 Å². The molecule has 0 aromatic carbocycles. The molecule has 0 bridgehead atoms. The average Bonchev–Trinajstić information content (AvgIpc) is 2.68. The minimum Gasteiger partial charge on any atom is -0.421 e. The Kier molecular flexibility index (Phi) is 7.48. The Bertz CT molecular complexity index is 739. The standard InChI is InChI=1S/C8H15N2.C2F6NO4S2/c1-4-5-10-7-6-9(3)8(10)2;3-1(4,5)14(10,11)9-15(12,13)2(6,7)8/h6-7H,4-5H2,1-3H3;/q+1;-1. The molecule has 25 heavy (non-hydrogen) atoms. The largest absolute Gasteiger partial charge is 0.480 e. The van der Waals surface area contributed by atoms with Gasteiger partial charge < -0.3 is 4.13 Å². The number of imidazole rings is 1. The highest BCUT2D eigenvalue weighted by Crippen LogP contribution is 2.36. The lowest BCUT2D eigenvalue weighted by atomic mass is 10.5. The van der Waals surface area contributed by atoms with Gasteiger partial charge in [-0.15, -0.1) is 0 Å². The molecular weight excluding hydrogens is 404 g/mol. The maximum Gasteiger partial charge on any atom is 0.480 e. The van der Waals surface area contributed by atoms with E-state index in [2.05, 4.69) is 42.4 Å². The van der Waals surface area contributed by atoms with E-state index >= 15 is 0 Å². The highest BCUT2D eigenvalue weighted by molar-refractivity contribution is 8.13. The summed E-state index contributed by atoms with van der Waals surface area (Å²) < 4.78 is 114. The first kappa shape index (κ1) is 23.6. The Morgan fingerprint density at radius 2 is 1.44 bits per heavy atom. The summed E-state index contributed by atoms with van der Waals surface area (Å²) in [5.74, 6) is 1.32. The quantitative estimate of drug-likeness (QED) is 0.552. The number of halogens is 6. The Morgan fingerprint density at radius 1 is 1.04 bits per heavy atom. The summed E-state index contributed by atoms with van der Waals surface area (Å²) in [4.78, 5) is 0. The van der Waals surface area contributed by atoms with Crippen molar-refractivity contribution in [3.8, 4) is 0 Å². The summed E-state index contributed by atoms with van der Waals surface area (Å²) in [7, 11) is -11.4. The molecule has 1 aromatic heterocycles. The molecule has 0 saturated carbocycles. The molecule has 0 radical (unpaired) electrons. The van der Waals surface area contributed by atoms with Crippen LogP contribution >= 0.6 is 0 Å². The van der Waals surface area contributed by atoms with Crippen LogP contribution in [0.4, 0.5) is 26.3 Å². The average molecular weight is 419 g/mol. The smallest absolute Gasteiger partial charge is 0.421 e. The van der Waals surface area contributed by atoms with Crippen molar-refractivity contribution >= 4 is 20.0 Å². The predicted octanol–water partition coefficient (Wildman–Crippen LogP) is 2.09. The lowest BCUT2D eigenvalue weighted by Gasteiger charge is -2.22. The highest BCUT2D eigenvalue weighted by atomic mass is 32.3. The lowest BCUT2D eigenvalue weighted by Crippen LogP contribution is -2.30. The number of aryl methyl sites for hydroxylation is 2. The number of nitrogens with zero attached hydrogens (tertiary/aromatic N) is 3. The summed E-state index contributed by atoms with van der Waals surface area (Å²) in [6.07, 6.45) is 5.42. The van der Waals surface area contributed by atoms with Gasteiger partial charge in [0.2, 0.25) is 0 Å². The fraction of sp³-hybridized carbons (Fsp3) is 0.700. The van der Waals surface area contributed by atoms with Gasteiger partial charge in [0.25, 0.3) is 5.82 Å². The van der Waals surface area contributed by atoms with Crippen molar-refractivity contribution in [3.63, 3.8) is 0 Å². The zero-order chi connectivity index (χ0) is 20.3. The summed E-state index contributed by atoms with van der Waals surface area (Å²) in [6, 6.07) is 0. The zero-order valence-electron chi connectivity index (χ0n) is 13.1. The molecule has 1 aromatic rings. The van der Waals surface area contributed by atoms with E-state index in [4.69, 9.17) is 0 Å². The van der Waals surface area contributed by atoms with Crippen LogP contribution in [0.2, 0.25) is 0 Å². The first-order valence-electron chi connectivity index (χ1n) is 6.34. The first-order chi connectivity index (χ1) is 11.0. The Balaban J connectivity index is 0.000000496. The molecule has 0 unspecified atom stereocenters. The van der Waals surface area contributed by atoms with Gasteiger partial charge in [-0.3, -0.25) is 0 Å². The minimum atomic E-state index is -6.72. The molecule has 148 valence electrons. The second-order valence-electron chi connectivity index (χ2n) is 4.57. The Hall–Kier alpha value is -1.35. The lowest BCUT2D eigenvalue weighted by molar-refractivity contribution is -0.677. The predicted molar refractivity (Wildman–Crippen MR) is 73.9 cm³/mol. The van der Waals surface area contributed by atoms with E-state index < -0.39 is 31.1 Å². The number of hydrogen-bond donors (Lipinski definition) is 0. The normalized spacial score (nSPS) is 13.3. The molecule has 1 rings (SSSR count). The Morgan fingerprint density at radius 3 is 1.68 bits per heavy atom. The molecule has 0 amide bonds. The summed E-state index contributed by atoms with van der Waals surface area (Å²) in [5, 5.41) is 0. The van der Waals surface area contributed by atoms with Gasteiger partial charge in [-0.25, -0.2) is 26.0 Å². The van der Waals surface area contributed by atoms with Crippen LogP contribution in [0.25, 0.3) is 4.13 Å². The molecule has 0 aliphatic heterocycles. The van der Waals surface area contributed by atoms with Crippen molar-refractivity contribution in [1.29, 1.82) is 0 Å². The van der Waals surface area contributed by atoms with Crippen LogP contribution in [-0.2, 0) is 33.6 Å². The van der Waals surface area contributed by atoms with Crippen molar-refractivity contribution in [3.05, 3.63) is 22.3 Å².